The molecule has 1 aliphatic heterocycles. The first-order chi connectivity index (χ1) is 16.6. The summed E-state index contributed by atoms with van der Waals surface area (Å²) in [7, 11) is 0. The SMILES string of the molecule is Cc1c(/C(O)=C2\C(=O)C(=O)N(Cc3cccnc3)C2c2ccccn2)cnn1-c1ccccc1. The number of likely N-dealkylation sites (tertiary alicyclic amines) is 1. The minimum Gasteiger partial charge on any atom is -0.507 e. The van der Waals surface area contributed by atoms with E-state index >= 15 is 0 Å². The largest absolute Gasteiger partial charge is 0.507 e. The van der Waals surface area contributed by atoms with Crippen LogP contribution in [0.2, 0.25) is 0 Å². The third kappa shape index (κ3) is 3.65. The average Bonchev–Trinajstić information content (AvgIpc) is 3.38. The first kappa shape index (κ1) is 21.3. The smallest absolute Gasteiger partial charge is 0.296 e. The number of Topliss-reactive ketones (excluding diaryl/α,β-unsaturated/α-hetero) is 1. The van der Waals surface area contributed by atoms with Gasteiger partial charge in [-0.2, -0.15) is 5.10 Å². The molecule has 0 aliphatic carbocycles. The molecule has 4 heterocycles. The van der Waals surface area contributed by atoms with Crippen LogP contribution in [-0.4, -0.2) is 41.4 Å². The number of benzene rings is 1. The van der Waals surface area contributed by atoms with Crippen LogP contribution in [0, 0.1) is 6.92 Å². The van der Waals surface area contributed by atoms with E-state index in [2.05, 4.69) is 15.1 Å². The summed E-state index contributed by atoms with van der Waals surface area (Å²) in [4.78, 5) is 36.2. The van der Waals surface area contributed by atoms with Gasteiger partial charge in [0.05, 0.1) is 34.4 Å². The van der Waals surface area contributed by atoms with Gasteiger partial charge < -0.3 is 10.0 Å². The highest BCUT2D eigenvalue weighted by molar-refractivity contribution is 6.46. The van der Waals surface area contributed by atoms with E-state index in [1.165, 1.54) is 11.1 Å². The summed E-state index contributed by atoms with van der Waals surface area (Å²) >= 11 is 0. The van der Waals surface area contributed by atoms with Crippen molar-refractivity contribution in [3.8, 4) is 5.69 Å². The number of pyridine rings is 2. The van der Waals surface area contributed by atoms with Gasteiger partial charge in [-0.25, -0.2) is 4.68 Å². The number of carbonyl (C=O) groups is 2. The number of aromatic nitrogens is 4. The molecular weight excluding hydrogens is 430 g/mol. The van der Waals surface area contributed by atoms with Crippen molar-refractivity contribution in [1.29, 1.82) is 0 Å². The molecule has 0 bridgehead atoms. The van der Waals surface area contributed by atoms with Crippen molar-refractivity contribution < 1.29 is 14.7 Å². The third-order valence-corrected chi connectivity index (χ3v) is 5.85. The number of rotatable bonds is 5. The number of nitrogens with zero attached hydrogens (tertiary/aromatic N) is 5. The Morgan fingerprint density at radius 3 is 2.47 bits per heavy atom. The molecule has 1 atom stereocenters. The van der Waals surface area contributed by atoms with Gasteiger partial charge >= 0.3 is 0 Å². The first-order valence-corrected chi connectivity index (χ1v) is 10.7. The second kappa shape index (κ2) is 8.74. The van der Waals surface area contributed by atoms with Gasteiger partial charge in [0.1, 0.15) is 11.8 Å². The van der Waals surface area contributed by atoms with E-state index in [1.807, 2.05) is 36.4 Å². The number of hydrogen-bond donors (Lipinski definition) is 1. The Morgan fingerprint density at radius 2 is 1.76 bits per heavy atom. The Bertz CT molecular complexity index is 1380. The maximum atomic E-state index is 13.2. The van der Waals surface area contributed by atoms with E-state index in [0.717, 1.165) is 11.3 Å². The van der Waals surface area contributed by atoms with Crippen molar-refractivity contribution in [3.63, 3.8) is 0 Å². The maximum Gasteiger partial charge on any atom is 0.296 e. The van der Waals surface area contributed by atoms with Gasteiger partial charge in [0, 0.05) is 25.1 Å². The molecule has 0 spiro atoms. The van der Waals surface area contributed by atoms with E-state index < -0.39 is 17.7 Å². The van der Waals surface area contributed by atoms with E-state index in [-0.39, 0.29) is 17.9 Å². The summed E-state index contributed by atoms with van der Waals surface area (Å²) in [5, 5.41) is 15.7. The monoisotopic (exact) mass is 451 g/mol. The van der Waals surface area contributed by atoms with Gasteiger partial charge in [0.2, 0.25) is 0 Å². The maximum absolute atomic E-state index is 13.2. The minimum absolute atomic E-state index is 0.0108. The fraction of sp³-hybridized carbons (Fsp3) is 0.115. The first-order valence-electron chi connectivity index (χ1n) is 10.7. The van der Waals surface area contributed by atoms with Crippen LogP contribution in [-0.2, 0) is 16.1 Å². The summed E-state index contributed by atoms with van der Waals surface area (Å²) in [5.74, 6) is -1.74. The van der Waals surface area contributed by atoms with Gasteiger partial charge in [-0.3, -0.25) is 19.6 Å². The van der Waals surface area contributed by atoms with Crippen molar-refractivity contribution in [1.82, 2.24) is 24.6 Å². The third-order valence-electron chi connectivity index (χ3n) is 5.85. The standard InChI is InChI=1S/C26H21N5O3/c1-17-20(15-29-31(17)19-9-3-2-4-10-19)24(32)22-23(21-11-5-6-13-28-21)30(26(34)25(22)33)16-18-8-7-12-27-14-18/h2-15,23,32H,16H2,1H3/b24-22+. The molecule has 1 fully saturated rings. The van der Waals surface area contributed by atoms with Crippen LogP contribution in [0.1, 0.15) is 28.6 Å². The average molecular weight is 451 g/mol. The Hall–Kier alpha value is -4.59. The van der Waals surface area contributed by atoms with Crippen molar-refractivity contribution >= 4 is 17.4 Å². The molecule has 1 aromatic carbocycles. The lowest BCUT2D eigenvalue weighted by Gasteiger charge is -2.24. The van der Waals surface area contributed by atoms with Gasteiger partial charge in [-0.15, -0.1) is 0 Å². The van der Waals surface area contributed by atoms with Crippen LogP contribution < -0.4 is 0 Å². The van der Waals surface area contributed by atoms with Crippen LogP contribution in [0.4, 0.5) is 0 Å². The topological polar surface area (TPSA) is 101 Å². The summed E-state index contributed by atoms with van der Waals surface area (Å²) in [5.41, 5.74) is 3.07. The quantitative estimate of drug-likeness (QED) is 0.283. The van der Waals surface area contributed by atoms with Gasteiger partial charge in [0.25, 0.3) is 11.7 Å². The van der Waals surface area contributed by atoms with Crippen LogP contribution >= 0.6 is 0 Å². The number of ketones is 1. The molecule has 5 rings (SSSR count). The Kier molecular flexibility index (Phi) is 5.47. The molecule has 1 saturated heterocycles. The summed E-state index contributed by atoms with van der Waals surface area (Å²) in [6.45, 7) is 1.95. The number of para-hydroxylation sites is 1. The van der Waals surface area contributed by atoms with E-state index in [4.69, 9.17) is 0 Å². The summed E-state index contributed by atoms with van der Waals surface area (Å²) in [6, 6.07) is 17.5. The minimum atomic E-state index is -0.846. The zero-order valence-electron chi connectivity index (χ0n) is 18.4. The van der Waals surface area contributed by atoms with Crippen LogP contribution in [0.3, 0.4) is 0 Å². The molecule has 8 heteroatoms. The second-order valence-corrected chi connectivity index (χ2v) is 7.93. The molecule has 4 aromatic rings. The summed E-state index contributed by atoms with van der Waals surface area (Å²) < 4.78 is 1.68. The Labute approximate surface area is 195 Å². The van der Waals surface area contributed by atoms with Crippen molar-refractivity contribution in [2.24, 2.45) is 0 Å². The van der Waals surface area contributed by atoms with Crippen LogP contribution in [0.25, 0.3) is 11.4 Å². The van der Waals surface area contributed by atoms with Crippen LogP contribution in [0.5, 0.6) is 0 Å². The fourth-order valence-electron chi connectivity index (χ4n) is 4.19. The van der Waals surface area contributed by atoms with Crippen molar-refractivity contribution in [2.45, 2.75) is 19.5 Å². The number of carbonyl (C=O) groups excluding carboxylic acids is 2. The number of amides is 1. The lowest BCUT2D eigenvalue weighted by Crippen LogP contribution is -2.29. The highest BCUT2D eigenvalue weighted by atomic mass is 16.3. The fourth-order valence-corrected chi connectivity index (χ4v) is 4.19. The molecule has 0 radical (unpaired) electrons. The molecule has 1 unspecified atom stereocenters. The lowest BCUT2D eigenvalue weighted by atomic mass is 9.98. The molecule has 0 saturated carbocycles. The highest BCUT2D eigenvalue weighted by Gasteiger charge is 2.47. The molecule has 34 heavy (non-hydrogen) atoms. The normalized spacial score (nSPS) is 17.3. The van der Waals surface area contributed by atoms with E-state index in [1.54, 1.807) is 54.5 Å². The number of aliphatic hydroxyl groups is 1. The molecule has 1 aliphatic rings. The molecule has 168 valence electrons. The molecule has 8 nitrogen and oxygen atoms in total. The van der Waals surface area contributed by atoms with Gasteiger partial charge in [-0.1, -0.05) is 30.3 Å². The molecule has 1 N–H and O–H groups in total. The molecular formula is C26H21N5O3. The summed E-state index contributed by atoms with van der Waals surface area (Å²) in [6.07, 6.45) is 6.38. The van der Waals surface area contributed by atoms with Crippen molar-refractivity contribution in [2.75, 3.05) is 0 Å². The Balaban J connectivity index is 1.64. The lowest BCUT2D eigenvalue weighted by molar-refractivity contribution is -0.140. The highest BCUT2D eigenvalue weighted by Crippen LogP contribution is 2.40. The van der Waals surface area contributed by atoms with E-state index in [9.17, 15) is 14.7 Å². The van der Waals surface area contributed by atoms with Crippen LogP contribution in [0.15, 0.2) is 91.0 Å². The predicted octanol–water partition coefficient (Wildman–Crippen LogP) is 3.59. The van der Waals surface area contributed by atoms with Gasteiger partial charge in [-0.05, 0) is 42.8 Å². The van der Waals surface area contributed by atoms with Gasteiger partial charge in [0.15, 0.2) is 0 Å². The number of aliphatic hydroxyl groups excluding tert-OH is 1. The molecule has 1 amide bonds. The van der Waals surface area contributed by atoms with E-state index in [0.29, 0.717) is 17.0 Å². The molecule has 3 aromatic heterocycles. The predicted molar refractivity (Wildman–Crippen MR) is 125 cm³/mol. The number of hydrogen-bond acceptors (Lipinski definition) is 6. The van der Waals surface area contributed by atoms with Crippen molar-refractivity contribution in [3.05, 3.63) is 114 Å². The zero-order chi connectivity index (χ0) is 23.7. The second-order valence-electron chi connectivity index (χ2n) is 7.93. The Morgan fingerprint density at radius 1 is 0.971 bits per heavy atom. The zero-order valence-corrected chi connectivity index (χ0v) is 18.4.